The number of rotatable bonds is 2. The van der Waals surface area contributed by atoms with Crippen molar-refractivity contribution >= 4 is 37.5 Å². The predicted molar refractivity (Wildman–Crippen MR) is 88.8 cm³/mol. The van der Waals surface area contributed by atoms with Gasteiger partial charge in [-0.25, -0.2) is 9.97 Å². The smallest absolute Gasteiger partial charge is 0.139 e. The normalized spacial score (nSPS) is 22.7. The minimum Gasteiger partial charge on any atom is -0.367 e. The van der Waals surface area contributed by atoms with Crippen LogP contribution < -0.4 is 11.1 Å². The molecular weight excluding hydrogens is 280 g/mol. The molecule has 0 amide bonds. The summed E-state index contributed by atoms with van der Waals surface area (Å²) in [7, 11) is 0. The van der Waals surface area contributed by atoms with Crippen molar-refractivity contribution in [1.82, 2.24) is 9.97 Å². The van der Waals surface area contributed by atoms with E-state index in [1.807, 2.05) is 0 Å². The molecule has 1 fully saturated rings. The van der Waals surface area contributed by atoms with Gasteiger partial charge < -0.3 is 11.1 Å². The number of benzene rings is 1. The maximum Gasteiger partial charge on any atom is 0.139 e. The second-order valence-electron chi connectivity index (χ2n) is 5.76. The van der Waals surface area contributed by atoms with Crippen LogP contribution in [0.15, 0.2) is 30.6 Å². The highest BCUT2D eigenvalue weighted by Crippen LogP contribution is 2.36. The van der Waals surface area contributed by atoms with Crippen LogP contribution >= 0.6 is 11.3 Å². The van der Waals surface area contributed by atoms with Gasteiger partial charge in [0.05, 0.1) is 5.39 Å². The molecule has 0 saturated heterocycles. The molecule has 1 aliphatic carbocycles. The summed E-state index contributed by atoms with van der Waals surface area (Å²) >= 11 is 1.73. The summed E-state index contributed by atoms with van der Waals surface area (Å²) in [5.74, 6) is 0.970. The molecule has 5 heteroatoms. The molecular formula is C16H18N4S. The highest BCUT2D eigenvalue weighted by atomic mass is 32.1. The van der Waals surface area contributed by atoms with Gasteiger partial charge in [-0.1, -0.05) is 18.2 Å². The van der Waals surface area contributed by atoms with Gasteiger partial charge in [0.1, 0.15) is 17.0 Å². The molecule has 0 bridgehead atoms. The lowest BCUT2D eigenvalue weighted by Crippen LogP contribution is -2.33. The zero-order valence-corrected chi connectivity index (χ0v) is 12.6. The molecule has 3 aromatic rings. The fourth-order valence-electron chi connectivity index (χ4n) is 3.12. The zero-order valence-electron chi connectivity index (χ0n) is 11.7. The van der Waals surface area contributed by atoms with E-state index in [2.05, 4.69) is 39.6 Å². The van der Waals surface area contributed by atoms with Crippen LogP contribution in [-0.2, 0) is 0 Å². The molecule has 4 nitrogen and oxygen atoms in total. The number of aromatic nitrogens is 2. The topological polar surface area (TPSA) is 63.8 Å². The first-order chi connectivity index (χ1) is 10.3. The maximum absolute atomic E-state index is 5.99. The van der Waals surface area contributed by atoms with Gasteiger partial charge in [-0.05, 0) is 31.7 Å². The van der Waals surface area contributed by atoms with Gasteiger partial charge in [-0.2, -0.15) is 0 Å². The standard InChI is InChI=1S/C16H18N4S/c17-10-5-7-11(8-6-10)20-15-14-12-3-1-2-4-13(12)21-16(14)19-9-18-15/h1-4,9-11H,5-8,17H2,(H,18,19,20)/t10-,11-. The first-order valence-electron chi connectivity index (χ1n) is 7.45. The van der Waals surface area contributed by atoms with Crippen LogP contribution in [0.5, 0.6) is 0 Å². The summed E-state index contributed by atoms with van der Waals surface area (Å²) in [6, 6.07) is 9.29. The van der Waals surface area contributed by atoms with E-state index < -0.39 is 0 Å². The summed E-state index contributed by atoms with van der Waals surface area (Å²) in [5.41, 5.74) is 5.99. The SMILES string of the molecule is N[C@H]1CC[C@H](Nc2ncnc3sc4ccccc4c23)CC1. The largest absolute Gasteiger partial charge is 0.367 e. The number of anilines is 1. The number of thiophene rings is 1. The monoisotopic (exact) mass is 298 g/mol. The molecule has 4 rings (SSSR count). The molecule has 2 aromatic heterocycles. The van der Waals surface area contributed by atoms with Crippen LogP contribution in [0.4, 0.5) is 5.82 Å². The fourth-order valence-corrected chi connectivity index (χ4v) is 4.17. The van der Waals surface area contributed by atoms with E-state index in [1.165, 1.54) is 10.1 Å². The minimum atomic E-state index is 0.371. The molecule has 1 aliphatic rings. The summed E-state index contributed by atoms with van der Waals surface area (Å²) < 4.78 is 1.27. The van der Waals surface area contributed by atoms with Crippen molar-refractivity contribution in [3.8, 4) is 0 Å². The number of hydrogen-bond acceptors (Lipinski definition) is 5. The summed E-state index contributed by atoms with van der Waals surface area (Å²) in [6.45, 7) is 0. The molecule has 0 spiro atoms. The maximum atomic E-state index is 5.99. The van der Waals surface area contributed by atoms with E-state index >= 15 is 0 Å². The van der Waals surface area contributed by atoms with Gasteiger partial charge in [0.2, 0.25) is 0 Å². The molecule has 0 radical (unpaired) electrons. The van der Waals surface area contributed by atoms with E-state index in [4.69, 9.17) is 5.73 Å². The van der Waals surface area contributed by atoms with Crippen LogP contribution in [0, 0.1) is 0 Å². The second-order valence-corrected chi connectivity index (χ2v) is 6.79. The Morgan fingerprint density at radius 3 is 2.76 bits per heavy atom. The molecule has 0 unspecified atom stereocenters. The number of nitrogens with one attached hydrogen (secondary N) is 1. The molecule has 1 aromatic carbocycles. The lowest BCUT2D eigenvalue weighted by atomic mass is 9.92. The average Bonchev–Trinajstić information content (AvgIpc) is 2.89. The van der Waals surface area contributed by atoms with Crippen LogP contribution in [-0.4, -0.2) is 22.1 Å². The Morgan fingerprint density at radius 2 is 1.90 bits per heavy atom. The van der Waals surface area contributed by atoms with E-state index in [-0.39, 0.29) is 0 Å². The zero-order chi connectivity index (χ0) is 14.2. The third-order valence-electron chi connectivity index (χ3n) is 4.29. The van der Waals surface area contributed by atoms with Crippen LogP contribution in [0.2, 0.25) is 0 Å². The quantitative estimate of drug-likeness (QED) is 0.759. The highest BCUT2D eigenvalue weighted by molar-refractivity contribution is 7.25. The number of fused-ring (bicyclic) bond motifs is 3. The second kappa shape index (κ2) is 5.24. The van der Waals surface area contributed by atoms with Gasteiger partial charge in [0.25, 0.3) is 0 Å². The summed E-state index contributed by atoms with van der Waals surface area (Å²) in [6.07, 6.45) is 6.09. The molecule has 0 atom stereocenters. The molecule has 2 heterocycles. The molecule has 0 aliphatic heterocycles. The van der Waals surface area contributed by atoms with E-state index in [0.717, 1.165) is 41.7 Å². The summed E-state index contributed by atoms with van der Waals surface area (Å²) in [4.78, 5) is 9.98. The fraction of sp³-hybridized carbons (Fsp3) is 0.375. The number of nitrogens with two attached hydrogens (primary N) is 1. The van der Waals surface area contributed by atoms with Crippen molar-refractivity contribution in [1.29, 1.82) is 0 Å². The van der Waals surface area contributed by atoms with Crippen molar-refractivity contribution < 1.29 is 0 Å². The van der Waals surface area contributed by atoms with E-state index in [0.29, 0.717) is 12.1 Å². The van der Waals surface area contributed by atoms with Crippen molar-refractivity contribution in [3.05, 3.63) is 30.6 Å². The third-order valence-corrected chi connectivity index (χ3v) is 5.37. The van der Waals surface area contributed by atoms with Crippen molar-refractivity contribution in [2.24, 2.45) is 5.73 Å². The van der Waals surface area contributed by atoms with Gasteiger partial charge in [-0.3, -0.25) is 0 Å². The Balaban J connectivity index is 1.74. The molecule has 108 valence electrons. The highest BCUT2D eigenvalue weighted by Gasteiger charge is 2.20. The van der Waals surface area contributed by atoms with E-state index in [9.17, 15) is 0 Å². The van der Waals surface area contributed by atoms with Gasteiger partial charge in [0.15, 0.2) is 0 Å². The Labute approximate surface area is 127 Å². The Morgan fingerprint density at radius 1 is 1.10 bits per heavy atom. The van der Waals surface area contributed by atoms with Crippen molar-refractivity contribution in [3.63, 3.8) is 0 Å². The van der Waals surface area contributed by atoms with Gasteiger partial charge >= 0.3 is 0 Å². The molecule has 3 N–H and O–H groups in total. The van der Waals surface area contributed by atoms with Gasteiger partial charge in [-0.15, -0.1) is 11.3 Å². The van der Waals surface area contributed by atoms with Crippen LogP contribution in [0.25, 0.3) is 20.3 Å². The van der Waals surface area contributed by atoms with Gasteiger partial charge in [0, 0.05) is 22.2 Å². The lowest BCUT2D eigenvalue weighted by molar-refractivity contribution is 0.410. The van der Waals surface area contributed by atoms with E-state index in [1.54, 1.807) is 17.7 Å². The number of nitrogens with zero attached hydrogens (tertiary/aromatic N) is 2. The van der Waals surface area contributed by atoms with Crippen molar-refractivity contribution in [2.75, 3.05) is 5.32 Å². The van der Waals surface area contributed by atoms with Crippen molar-refractivity contribution in [2.45, 2.75) is 37.8 Å². The minimum absolute atomic E-state index is 0.371. The van der Waals surface area contributed by atoms with Crippen LogP contribution in [0.1, 0.15) is 25.7 Å². The number of hydrogen-bond donors (Lipinski definition) is 2. The predicted octanol–water partition coefficient (Wildman–Crippen LogP) is 3.53. The first-order valence-corrected chi connectivity index (χ1v) is 8.27. The Hall–Kier alpha value is -1.72. The first kappa shape index (κ1) is 13.0. The van der Waals surface area contributed by atoms with Crippen LogP contribution in [0.3, 0.4) is 0 Å². The molecule has 21 heavy (non-hydrogen) atoms. The molecule has 1 saturated carbocycles. The lowest BCUT2D eigenvalue weighted by Gasteiger charge is -2.27. The Bertz CT molecular complexity index is 774. The average molecular weight is 298 g/mol. The third kappa shape index (κ3) is 2.36. The Kier molecular flexibility index (Phi) is 3.24. The summed E-state index contributed by atoms with van der Waals surface area (Å²) in [5, 5.41) is 6.03.